The standard InChI is InChI=1S/C17H21F2N3/c1-21-10-8-16(20-21)17-5-3-2-4-9-22(17)12-13-6-7-14(18)15(19)11-13/h6-8,10-11,17H,2-5,9,12H2,1H3. The van der Waals surface area contributed by atoms with Gasteiger partial charge in [-0.05, 0) is 43.1 Å². The smallest absolute Gasteiger partial charge is 0.159 e. The zero-order valence-electron chi connectivity index (χ0n) is 12.8. The maximum Gasteiger partial charge on any atom is 0.159 e. The van der Waals surface area contributed by atoms with Crippen molar-refractivity contribution in [3.63, 3.8) is 0 Å². The summed E-state index contributed by atoms with van der Waals surface area (Å²) in [7, 11) is 1.92. The van der Waals surface area contributed by atoms with Gasteiger partial charge in [-0.1, -0.05) is 18.9 Å². The average Bonchev–Trinajstić information content (AvgIpc) is 2.79. The van der Waals surface area contributed by atoms with Crippen molar-refractivity contribution in [2.45, 2.75) is 38.3 Å². The third-order valence-electron chi connectivity index (χ3n) is 4.31. The molecule has 0 bridgehead atoms. The largest absolute Gasteiger partial charge is 0.290 e. The molecule has 2 aromatic rings. The summed E-state index contributed by atoms with van der Waals surface area (Å²) in [5.41, 5.74) is 1.87. The Bertz CT molecular complexity index is 639. The summed E-state index contributed by atoms with van der Waals surface area (Å²) in [6, 6.07) is 6.47. The van der Waals surface area contributed by atoms with Crippen LogP contribution in [0.5, 0.6) is 0 Å². The fraction of sp³-hybridized carbons (Fsp3) is 0.471. The molecule has 22 heavy (non-hydrogen) atoms. The number of aryl methyl sites for hydroxylation is 1. The second kappa shape index (κ2) is 6.57. The Morgan fingerprint density at radius 3 is 2.73 bits per heavy atom. The molecule has 5 heteroatoms. The van der Waals surface area contributed by atoms with Crippen molar-refractivity contribution in [3.05, 3.63) is 53.4 Å². The fourth-order valence-corrected chi connectivity index (χ4v) is 3.18. The molecule has 1 aromatic carbocycles. The van der Waals surface area contributed by atoms with Crippen LogP contribution in [0.3, 0.4) is 0 Å². The molecule has 1 fully saturated rings. The van der Waals surface area contributed by atoms with Crippen molar-refractivity contribution in [1.82, 2.24) is 14.7 Å². The Morgan fingerprint density at radius 2 is 2.00 bits per heavy atom. The monoisotopic (exact) mass is 305 g/mol. The Hall–Kier alpha value is -1.75. The number of benzene rings is 1. The molecular weight excluding hydrogens is 284 g/mol. The summed E-state index contributed by atoms with van der Waals surface area (Å²) >= 11 is 0. The molecule has 1 aromatic heterocycles. The van der Waals surface area contributed by atoms with Crippen molar-refractivity contribution >= 4 is 0 Å². The molecule has 118 valence electrons. The van der Waals surface area contributed by atoms with Gasteiger partial charge in [-0.2, -0.15) is 5.10 Å². The highest BCUT2D eigenvalue weighted by Gasteiger charge is 2.24. The van der Waals surface area contributed by atoms with E-state index in [0.717, 1.165) is 30.6 Å². The van der Waals surface area contributed by atoms with E-state index in [-0.39, 0.29) is 6.04 Å². The predicted molar refractivity (Wildman–Crippen MR) is 81.2 cm³/mol. The van der Waals surface area contributed by atoms with Crippen LogP contribution in [0.25, 0.3) is 0 Å². The van der Waals surface area contributed by atoms with Crippen LogP contribution in [-0.4, -0.2) is 21.2 Å². The van der Waals surface area contributed by atoms with E-state index in [0.29, 0.717) is 6.54 Å². The highest BCUT2D eigenvalue weighted by molar-refractivity contribution is 5.18. The maximum absolute atomic E-state index is 13.4. The van der Waals surface area contributed by atoms with E-state index in [9.17, 15) is 8.78 Å². The normalized spacial score (nSPS) is 20.0. The Kier molecular flexibility index (Phi) is 4.52. The third kappa shape index (κ3) is 3.35. The van der Waals surface area contributed by atoms with Crippen LogP contribution in [0.2, 0.25) is 0 Å². The van der Waals surface area contributed by atoms with Gasteiger partial charge in [0.25, 0.3) is 0 Å². The van der Waals surface area contributed by atoms with Gasteiger partial charge in [0.1, 0.15) is 0 Å². The van der Waals surface area contributed by atoms with Gasteiger partial charge >= 0.3 is 0 Å². The van der Waals surface area contributed by atoms with Crippen molar-refractivity contribution in [3.8, 4) is 0 Å². The molecule has 2 heterocycles. The van der Waals surface area contributed by atoms with E-state index in [1.807, 2.05) is 24.0 Å². The summed E-state index contributed by atoms with van der Waals surface area (Å²) in [4.78, 5) is 2.34. The molecule has 1 aliphatic heterocycles. The molecule has 0 saturated carbocycles. The van der Waals surface area contributed by atoms with Gasteiger partial charge in [-0.15, -0.1) is 0 Å². The van der Waals surface area contributed by atoms with Crippen LogP contribution in [-0.2, 0) is 13.6 Å². The molecule has 0 aliphatic carbocycles. The van der Waals surface area contributed by atoms with Gasteiger partial charge in [0.05, 0.1) is 11.7 Å². The van der Waals surface area contributed by atoms with E-state index in [2.05, 4.69) is 10.00 Å². The van der Waals surface area contributed by atoms with Crippen LogP contribution < -0.4 is 0 Å². The van der Waals surface area contributed by atoms with Gasteiger partial charge in [0.2, 0.25) is 0 Å². The number of likely N-dealkylation sites (tertiary alicyclic amines) is 1. The molecule has 1 saturated heterocycles. The van der Waals surface area contributed by atoms with E-state index >= 15 is 0 Å². The van der Waals surface area contributed by atoms with Gasteiger partial charge < -0.3 is 0 Å². The lowest BCUT2D eigenvalue weighted by Crippen LogP contribution is -2.28. The highest BCUT2D eigenvalue weighted by Crippen LogP contribution is 2.30. The maximum atomic E-state index is 13.4. The van der Waals surface area contributed by atoms with Crippen molar-refractivity contribution in [1.29, 1.82) is 0 Å². The van der Waals surface area contributed by atoms with Crippen LogP contribution in [0, 0.1) is 11.6 Å². The van der Waals surface area contributed by atoms with Crippen LogP contribution in [0.15, 0.2) is 30.5 Å². The van der Waals surface area contributed by atoms with Gasteiger partial charge in [-0.3, -0.25) is 9.58 Å². The lowest BCUT2D eigenvalue weighted by atomic mass is 10.1. The van der Waals surface area contributed by atoms with Gasteiger partial charge in [0.15, 0.2) is 11.6 Å². The van der Waals surface area contributed by atoms with Crippen molar-refractivity contribution < 1.29 is 8.78 Å². The first kappa shape index (κ1) is 15.2. The quantitative estimate of drug-likeness (QED) is 0.859. The molecule has 3 rings (SSSR count). The lowest BCUT2D eigenvalue weighted by molar-refractivity contribution is 0.187. The fourth-order valence-electron chi connectivity index (χ4n) is 3.18. The minimum atomic E-state index is -0.791. The van der Waals surface area contributed by atoms with Gasteiger partial charge in [0, 0.05) is 19.8 Å². The first-order valence-electron chi connectivity index (χ1n) is 7.81. The topological polar surface area (TPSA) is 21.1 Å². The minimum absolute atomic E-state index is 0.247. The van der Waals surface area contributed by atoms with Crippen molar-refractivity contribution in [2.75, 3.05) is 6.54 Å². The second-order valence-electron chi connectivity index (χ2n) is 6.00. The van der Waals surface area contributed by atoms with Crippen LogP contribution in [0.4, 0.5) is 8.78 Å². The number of rotatable bonds is 3. The first-order valence-corrected chi connectivity index (χ1v) is 7.81. The molecule has 3 nitrogen and oxygen atoms in total. The number of hydrogen-bond acceptors (Lipinski definition) is 2. The minimum Gasteiger partial charge on any atom is -0.290 e. The molecule has 1 aliphatic rings. The first-order chi connectivity index (χ1) is 10.6. The summed E-state index contributed by atoms with van der Waals surface area (Å²) in [5.74, 6) is -1.57. The second-order valence-corrected chi connectivity index (χ2v) is 6.00. The van der Waals surface area contributed by atoms with Crippen LogP contribution in [0.1, 0.15) is 43.0 Å². The number of aromatic nitrogens is 2. The predicted octanol–water partition coefficient (Wildman–Crippen LogP) is 3.82. The molecule has 0 N–H and O–H groups in total. The number of nitrogens with zero attached hydrogens (tertiary/aromatic N) is 3. The Balaban J connectivity index is 1.82. The van der Waals surface area contributed by atoms with E-state index in [4.69, 9.17) is 0 Å². The highest BCUT2D eigenvalue weighted by atomic mass is 19.2. The van der Waals surface area contributed by atoms with E-state index in [1.54, 1.807) is 6.07 Å². The summed E-state index contributed by atoms with van der Waals surface area (Å²) in [6.07, 6.45) is 6.52. The lowest BCUT2D eigenvalue weighted by Gasteiger charge is -2.28. The number of halogens is 2. The average molecular weight is 305 g/mol. The number of hydrogen-bond donors (Lipinski definition) is 0. The third-order valence-corrected chi connectivity index (χ3v) is 4.31. The van der Waals surface area contributed by atoms with E-state index in [1.165, 1.54) is 25.0 Å². The molecule has 0 radical (unpaired) electrons. The molecule has 0 spiro atoms. The van der Waals surface area contributed by atoms with Gasteiger partial charge in [-0.25, -0.2) is 8.78 Å². The molecular formula is C17H21F2N3. The molecule has 0 amide bonds. The zero-order chi connectivity index (χ0) is 15.5. The van der Waals surface area contributed by atoms with Crippen LogP contribution >= 0.6 is 0 Å². The summed E-state index contributed by atoms with van der Waals surface area (Å²) in [5, 5.41) is 4.54. The zero-order valence-corrected chi connectivity index (χ0v) is 12.8. The summed E-state index contributed by atoms with van der Waals surface area (Å²) in [6.45, 7) is 1.58. The molecule has 1 atom stereocenters. The summed E-state index contributed by atoms with van der Waals surface area (Å²) < 4.78 is 28.3. The molecule has 1 unspecified atom stereocenters. The SMILES string of the molecule is Cn1ccc(C2CCCCCN2Cc2ccc(F)c(F)c2)n1. The van der Waals surface area contributed by atoms with Crippen molar-refractivity contribution in [2.24, 2.45) is 7.05 Å². The Labute approximate surface area is 129 Å². The van der Waals surface area contributed by atoms with E-state index < -0.39 is 11.6 Å². The Morgan fingerprint density at radius 1 is 1.14 bits per heavy atom.